The summed E-state index contributed by atoms with van der Waals surface area (Å²) in [7, 11) is 0. The van der Waals surface area contributed by atoms with E-state index in [9.17, 15) is 9.18 Å². The molecule has 0 unspecified atom stereocenters. The molecule has 4 rings (SSSR count). The van der Waals surface area contributed by atoms with Crippen molar-refractivity contribution >= 4 is 22.6 Å². The van der Waals surface area contributed by atoms with Crippen LogP contribution in [0.4, 0.5) is 10.1 Å². The molecule has 0 bridgehead atoms. The van der Waals surface area contributed by atoms with Crippen LogP contribution in [-0.2, 0) is 0 Å². The van der Waals surface area contributed by atoms with E-state index < -0.39 is 5.91 Å². The number of halogens is 1. The summed E-state index contributed by atoms with van der Waals surface area (Å²) in [6.07, 6.45) is 0.811. The van der Waals surface area contributed by atoms with Crippen LogP contribution < -0.4 is 14.8 Å². The highest BCUT2D eigenvalue weighted by molar-refractivity contribution is 6.06. The average molecular weight is 341 g/mol. The number of carbonyl (C=O) groups is 1. The fourth-order valence-corrected chi connectivity index (χ4v) is 2.84. The van der Waals surface area contributed by atoms with Gasteiger partial charge >= 0.3 is 0 Å². The molecular formula is C19H16FNO4. The summed E-state index contributed by atoms with van der Waals surface area (Å²) in [6.45, 7) is 2.90. The SMILES string of the molecule is Cc1c(C(=O)Nc2ccc3c(c2)OCCCO3)oc2ccc(F)cc12. The molecule has 2 heterocycles. The summed E-state index contributed by atoms with van der Waals surface area (Å²) in [5.74, 6) is 0.646. The molecule has 3 aromatic rings. The van der Waals surface area contributed by atoms with Crippen LogP contribution >= 0.6 is 0 Å². The van der Waals surface area contributed by atoms with E-state index >= 15 is 0 Å². The first-order valence-corrected chi connectivity index (χ1v) is 8.01. The predicted molar refractivity (Wildman–Crippen MR) is 90.9 cm³/mol. The molecule has 0 aliphatic carbocycles. The molecule has 5 nitrogen and oxygen atoms in total. The van der Waals surface area contributed by atoms with Crippen LogP contribution in [0, 0.1) is 12.7 Å². The Bertz CT molecular complexity index is 963. The highest BCUT2D eigenvalue weighted by atomic mass is 19.1. The quantitative estimate of drug-likeness (QED) is 0.755. The molecular weight excluding hydrogens is 325 g/mol. The van der Waals surface area contributed by atoms with Crippen LogP contribution in [0.2, 0.25) is 0 Å². The lowest BCUT2D eigenvalue weighted by atomic mass is 10.1. The number of fused-ring (bicyclic) bond motifs is 2. The van der Waals surface area contributed by atoms with E-state index in [0.717, 1.165) is 6.42 Å². The van der Waals surface area contributed by atoms with E-state index in [1.165, 1.54) is 18.2 Å². The van der Waals surface area contributed by atoms with Gasteiger partial charge in [0.25, 0.3) is 5.91 Å². The minimum absolute atomic E-state index is 0.160. The molecule has 1 aliphatic rings. The lowest BCUT2D eigenvalue weighted by Gasteiger charge is -2.10. The summed E-state index contributed by atoms with van der Waals surface area (Å²) in [4.78, 5) is 12.6. The summed E-state index contributed by atoms with van der Waals surface area (Å²) in [5.41, 5.74) is 1.64. The third-order valence-electron chi connectivity index (χ3n) is 4.11. The van der Waals surface area contributed by atoms with Crippen molar-refractivity contribution in [2.45, 2.75) is 13.3 Å². The summed E-state index contributed by atoms with van der Waals surface area (Å²) < 4.78 is 30.2. The Morgan fingerprint density at radius 1 is 1.08 bits per heavy atom. The number of amides is 1. The molecule has 0 atom stereocenters. The van der Waals surface area contributed by atoms with Gasteiger partial charge in [-0.15, -0.1) is 0 Å². The first-order valence-electron chi connectivity index (χ1n) is 8.01. The number of hydrogen-bond acceptors (Lipinski definition) is 4. The van der Waals surface area contributed by atoms with Gasteiger partial charge in [0.05, 0.1) is 13.2 Å². The van der Waals surface area contributed by atoms with Crippen LogP contribution in [0.3, 0.4) is 0 Å². The Hall–Kier alpha value is -3.02. The predicted octanol–water partition coefficient (Wildman–Crippen LogP) is 4.29. The molecule has 0 saturated heterocycles. The molecule has 0 saturated carbocycles. The van der Waals surface area contributed by atoms with Crippen molar-refractivity contribution in [3.63, 3.8) is 0 Å². The number of rotatable bonds is 2. The van der Waals surface area contributed by atoms with E-state index in [4.69, 9.17) is 13.9 Å². The molecule has 1 N–H and O–H groups in total. The van der Waals surface area contributed by atoms with Crippen molar-refractivity contribution in [1.82, 2.24) is 0 Å². The molecule has 128 valence electrons. The molecule has 1 amide bonds. The standard InChI is InChI=1S/C19H16FNO4/c1-11-14-9-12(20)3-5-15(14)25-18(11)19(22)21-13-4-6-16-17(10-13)24-8-2-7-23-16/h3-6,9-10H,2,7-8H2,1H3,(H,21,22). The maximum Gasteiger partial charge on any atom is 0.291 e. The van der Waals surface area contributed by atoms with Crippen molar-refractivity contribution in [3.8, 4) is 11.5 Å². The maximum absolute atomic E-state index is 13.4. The van der Waals surface area contributed by atoms with E-state index in [2.05, 4.69) is 5.32 Å². The Balaban J connectivity index is 1.62. The molecule has 0 fully saturated rings. The van der Waals surface area contributed by atoms with E-state index in [1.54, 1.807) is 25.1 Å². The van der Waals surface area contributed by atoms with Crippen LogP contribution in [0.5, 0.6) is 11.5 Å². The van der Waals surface area contributed by atoms with Gasteiger partial charge in [0.1, 0.15) is 11.4 Å². The number of carbonyl (C=O) groups excluding carboxylic acids is 1. The van der Waals surface area contributed by atoms with Gasteiger partial charge in [-0.2, -0.15) is 0 Å². The second-order valence-corrected chi connectivity index (χ2v) is 5.86. The maximum atomic E-state index is 13.4. The third kappa shape index (κ3) is 2.91. The fraction of sp³-hybridized carbons (Fsp3) is 0.211. The van der Waals surface area contributed by atoms with Crippen LogP contribution in [0.15, 0.2) is 40.8 Å². The Kier molecular flexibility index (Phi) is 3.80. The van der Waals surface area contributed by atoms with Crippen LogP contribution in [0.25, 0.3) is 11.0 Å². The smallest absolute Gasteiger partial charge is 0.291 e. The van der Waals surface area contributed by atoms with Crippen LogP contribution in [0.1, 0.15) is 22.5 Å². The third-order valence-corrected chi connectivity index (χ3v) is 4.11. The number of aryl methyl sites for hydroxylation is 1. The minimum Gasteiger partial charge on any atom is -0.490 e. The lowest BCUT2D eigenvalue weighted by molar-refractivity contribution is 0.0998. The fourth-order valence-electron chi connectivity index (χ4n) is 2.84. The number of benzene rings is 2. The zero-order valence-electron chi connectivity index (χ0n) is 13.6. The molecule has 0 spiro atoms. The van der Waals surface area contributed by atoms with E-state index in [-0.39, 0.29) is 11.6 Å². The summed E-state index contributed by atoms with van der Waals surface area (Å²) in [5, 5.41) is 3.37. The Morgan fingerprint density at radius 2 is 1.88 bits per heavy atom. The number of anilines is 1. The topological polar surface area (TPSA) is 60.7 Å². The average Bonchev–Trinajstić information content (AvgIpc) is 2.78. The summed E-state index contributed by atoms with van der Waals surface area (Å²) in [6, 6.07) is 9.40. The molecule has 1 aromatic heterocycles. The van der Waals surface area contributed by atoms with Crippen molar-refractivity contribution in [1.29, 1.82) is 0 Å². The largest absolute Gasteiger partial charge is 0.490 e. The zero-order chi connectivity index (χ0) is 17.4. The van der Waals surface area contributed by atoms with Crippen molar-refractivity contribution in [2.24, 2.45) is 0 Å². The Labute approximate surface area is 143 Å². The number of ether oxygens (including phenoxy) is 2. The van der Waals surface area contributed by atoms with Crippen LogP contribution in [-0.4, -0.2) is 19.1 Å². The van der Waals surface area contributed by atoms with Crippen molar-refractivity contribution in [2.75, 3.05) is 18.5 Å². The van der Waals surface area contributed by atoms with Gasteiger partial charge in [0.15, 0.2) is 17.3 Å². The first-order chi connectivity index (χ1) is 12.1. The molecule has 0 radical (unpaired) electrons. The second kappa shape index (κ2) is 6.12. The Morgan fingerprint density at radius 3 is 2.72 bits per heavy atom. The summed E-state index contributed by atoms with van der Waals surface area (Å²) >= 11 is 0. The second-order valence-electron chi connectivity index (χ2n) is 5.86. The molecule has 1 aliphatic heterocycles. The number of nitrogens with one attached hydrogen (secondary N) is 1. The van der Waals surface area contributed by atoms with E-state index in [0.29, 0.717) is 46.9 Å². The number of furan rings is 1. The monoisotopic (exact) mass is 341 g/mol. The first kappa shape index (κ1) is 15.5. The van der Waals surface area contributed by atoms with Gasteiger partial charge in [-0.1, -0.05) is 0 Å². The highest BCUT2D eigenvalue weighted by Crippen LogP contribution is 2.33. The lowest BCUT2D eigenvalue weighted by Crippen LogP contribution is -2.12. The minimum atomic E-state index is -0.399. The normalized spacial score (nSPS) is 13.5. The van der Waals surface area contributed by atoms with Gasteiger partial charge in [0.2, 0.25) is 0 Å². The molecule has 25 heavy (non-hydrogen) atoms. The van der Waals surface area contributed by atoms with Crippen molar-refractivity contribution in [3.05, 3.63) is 53.5 Å². The van der Waals surface area contributed by atoms with Gasteiger partial charge in [-0.05, 0) is 37.3 Å². The zero-order valence-corrected chi connectivity index (χ0v) is 13.6. The van der Waals surface area contributed by atoms with Gasteiger partial charge in [-0.25, -0.2) is 4.39 Å². The molecule has 2 aromatic carbocycles. The van der Waals surface area contributed by atoms with Gasteiger partial charge in [0, 0.05) is 29.1 Å². The molecule has 6 heteroatoms. The van der Waals surface area contributed by atoms with Crippen molar-refractivity contribution < 1.29 is 23.1 Å². The number of hydrogen-bond donors (Lipinski definition) is 1. The van der Waals surface area contributed by atoms with Gasteiger partial charge in [-0.3, -0.25) is 4.79 Å². The highest BCUT2D eigenvalue weighted by Gasteiger charge is 2.19. The van der Waals surface area contributed by atoms with Gasteiger partial charge < -0.3 is 19.2 Å². The van der Waals surface area contributed by atoms with E-state index in [1.807, 2.05) is 0 Å².